The molecule has 2 aliphatic heterocycles. The standard InChI is InChI=1S/C26H32N4O4S/c1-19-5-6-20-16-24(27-23(20)15-19)22-17-21(7-8-25(22)29-9-3-4-10-29)35(32,33)28(2)11-12-30-13-14-34-18-26(30)31/h5-8,15-17,27H,3-4,9-14,18H2,1-2H3. The number of aromatic amines is 1. The van der Waals surface area contributed by atoms with Crippen LogP contribution < -0.4 is 4.90 Å². The Morgan fingerprint density at radius 1 is 1.06 bits per heavy atom. The van der Waals surface area contributed by atoms with Crippen molar-refractivity contribution in [1.82, 2.24) is 14.2 Å². The number of morpholine rings is 1. The maximum Gasteiger partial charge on any atom is 0.248 e. The van der Waals surface area contributed by atoms with E-state index in [1.54, 1.807) is 24.1 Å². The molecule has 2 fully saturated rings. The van der Waals surface area contributed by atoms with E-state index in [4.69, 9.17) is 4.74 Å². The van der Waals surface area contributed by atoms with Crippen molar-refractivity contribution in [3.63, 3.8) is 0 Å². The van der Waals surface area contributed by atoms with Gasteiger partial charge in [-0.1, -0.05) is 12.1 Å². The van der Waals surface area contributed by atoms with Crippen LogP contribution in [0.4, 0.5) is 5.69 Å². The number of carbonyl (C=O) groups excluding carboxylic acids is 1. The molecule has 5 rings (SSSR count). The molecule has 2 aromatic carbocycles. The third kappa shape index (κ3) is 4.80. The van der Waals surface area contributed by atoms with Gasteiger partial charge in [-0.2, -0.15) is 4.31 Å². The number of carbonyl (C=O) groups is 1. The fourth-order valence-corrected chi connectivity index (χ4v) is 6.05. The second kappa shape index (κ2) is 9.64. The highest BCUT2D eigenvalue weighted by atomic mass is 32.2. The van der Waals surface area contributed by atoms with Crippen molar-refractivity contribution in [3.8, 4) is 11.3 Å². The number of nitrogens with one attached hydrogen (secondary N) is 1. The van der Waals surface area contributed by atoms with Gasteiger partial charge in [0.1, 0.15) is 6.61 Å². The number of fused-ring (bicyclic) bond motifs is 1. The van der Waals surface area contributed by atoms with Gasteiger partial charge in [-0.25, -0.2) is 8.42 Å². The lowest BCUT2D eigenvalue weighted by Gasteiger charge is -2.28. The predicted molar refractivity (Wildman–Crippen MR) is 137 cm³/mol. The fraction of sp³-hybridized carbons (Fsp3) is 0.423. The van der Waals surface area contributed by atoms with Crippen LogP contribution in [0.25, 0.3) is 22.2 Å². The fourth-order valence-electron chi connectivity index (χ4n) is 4.86. The number of sulfonamides is 1. The number of anilines is 1. The molecule has 0 spiro atoms. The smallest absolute Gasteiger partial charge is 0.248 e. The van der Waals surface area contributed by atoms with Gasteiger partial charge in [0.2, 0.25) is 15.9 Å². The van der Waals surface area contributed by atoms with E-state index in [9.17, 15) is 13.2 Å². The van der Waals surface area contributed by atoms with Gasteiger partial charge in [0.05, 0.1) is 11.5 Å². The number of hydrogen-bond acceptors (Lipinski definition) is 5. The zero-order chi connectivity index (χ0) is 24.6. The molecule has 8 nitrogen and oxygen atoms in total. The monoisotopic (exact) mass is 496 g/mol. The van der Waals surface area contributed by atoms with Crippen molar-refractivity contribution in [2.24, 2.45) is 0 Å². The molecule has 1 N–H and O–H groups in total. The second-order valence-electron chi connectivity index (χ2n) is 9.41. The topological polar surface area (TPSA) is 86.0 Å². The summed E-state index contributed by atoms with van der Waals surface area (Å²) in [6, 6.07) is 13.8. The van der Waals surface area contributed by atoms with E-state index in [0.717, 1.165) is 53.8 Å². The highest BCUT2D eigenvalue weighted by molar-refractivity contribution is 7.89. The second-order valence-corrected chi connectivity index (χ2v) is 11.5. The molecule has 0 radical (unpaired) electrons. The molecule has 0 atom stereocenters. The maximum absolute atomic E-state index is 13.5. The number of nitrogens with zero attached hydrogens (tertiary/aromatic N) is 3. The van der Waals surface area contributed by atoms with Gasteiger partial charge < -0.3 is 19.5 Å². The van der Waals surface area contributed by atoms with E-state index in [0.29, 0.717) is 19.7 Å². The molecule has 9 heteroatoms. The van der Waals surface area contributed by atoms with E-state index in [2.05, 4.69) is 41.1 Å². The van der Waals surface area contributed by atoms with Gasteiger partial charge in [-0.15, -0.1) is 0 Å². The Morgan fingerprint density at radius 3 is 2.63 bits per heavy atom. The molecule has 1 amide bonds. The number of ether oxygens (including phenoxy) is 1. The van der Waals surface area contributed by atoms with Gasteiger partial charge in [0.15, 0.2) is 0 Å². The highest BCUT2D eigenvalue weighted by Crippen LogP contribution is 2.36. The summed E-state index contributed by atoms with van der Waals surface area (Å²) in [4.78, 5) is 19.8. The van der Waals surface area contributed by atoms with Crippen molar-refractivity contribution < 1.29 is 17.9 Å². The largest absolute Gasteiger partial charge is 0.371 e. The Balaban J connectivity index is 1.47. The van der Waals surface area contributed by atoms with Crippen LogP contribution in [0.15, 0.2) is 47.4 Å². The van der Waals surface area contributed by atoms with Crippen LogP contribution in [0.1, 0.15) is 18.4 Å². The Hall–Kier alpha value is -2.88. The summed E-state index contributed by atoms with van der Waals surface area (Å²) in [5.41, 5.74) is 5.05. The Kier molecular flexibility index (Phi) is 6.57. The van der Waals surface area contributed by atoms with E-state index >= 15 is 0 Å². The lowest BCUT2D eigenvalue weighted by atomic mass is 10.1. The molecule has 35 heavy (non-hydrogen) atoms. The molecule has 1 aromatic heterocycles. The highest BCUT2D eigenvalue weighted by Gasteiger charge is 2.26. The summed E-state index contributed by atoms with van der Waals surface area (Å²) in [5, 5.41) is 1.10. The van der Waals surface area contributed by atoms with Crippen LogP contribution in [0.2, 0.25) is 0 Å². The number of benzene rings is 2. The molecule has 0 saturated carbocycles. The predicted octanol–water partition coefficient (Wildman–Crippen LogP) is 3.22. The summed E-state index contributed by atoms with van der Waals surface area (Å²) in [6.07, 6.45) is 2.27. The molecular formula is C26H32N4O4S. The van der Waals surface area contributed by atoms with Gasteiger partial charge in [0, 0.05) is 67.6 Å². The number of aromatic nitrogens is 1. The van der Waals surface area contributed by atoms with Crippen LogP contribution in [-0.2, 0) is 19.6 Å². The minimum atomic E-state index is -3.73. The Bertz CT molecular complexity index is 1340. The number of amides is 1. The molecule has 0 aliphatic carbocycles. The molecule has 0 unspecified atom stereocenters. The van der Waals surface area contributed by atoms with E-state index < -0.39 is 10.0 Å². The molecular weight excluding hydrogens is 464 g/mol. The maximum atomic E-state index is 13.5. The molecule has 186 valence electrons. The summed E-state index contributed by atoms with van der Waals surface area (Å²) in [5.74, 6) is -0.103. The van der Waals surface area contributed by atoms with Crippen LogP contribution in [0.3, 0.4) is 0 Å². The lowest BCUT2D eigenvalue weighted by Crippen LogP contribution is -2.45. The number of H-pyrrole nitrogens is 1. The average molecular weight is 497 g/mol. The number of likely N-dealkylation sites (N-methyl/N-ethyl adjacent to an activating group) is 1. The molecule has 2 saturated heterocycles. The van der Waals surface area contributed by atoms with Crippen molar-refractivity contribution in [2.75, 3.05) is 57.9 Å². The first-order valence-corrected chi connectivity index (χ1v) is 13.6. The third-order valence-corrected chi connectivity index (χ3v) is 8.81. The normalized spacial score (nSPS) is 17.2. The zero-order valence-electron chi connectivity index (χ0n) is 20.3. The van der Waals surface area contributed by atoms with Crippen molar-refractivity contribution in [2.45, 2.75) is 24.7 Å². The van der Waals surface area contributed by atoms with Crippen molar-refractivity contribution in [1.29, 1.82) is 0 Å². The van der Waals surface area contributed by atoms with Crippen molar-refractivity contribution >= 4 is 32.5 Å². The third-order valence-electron chi connectivity index (χ3n) is 6.96. The Labute approximate surface area is 206 Å². The number of hydrogen-bond donors (Lipinski definition) is 1. The lowest BCUT2D eigenvalue weighted by molar-refractivity contribution is -0.142. The minimum Gasteiger partial charge on any atom is -0.371 e. The summed E-state index contributed by atoms with van der Waals surface area (Å²) >= 11 is 0. The summed E-state index contributed by atoms with van der Waals surface area (Å²) < 4.78 is 33.5. The zero-order valence-corrected chi connectivity index (χ0v) is 21.1. The van der Waals surface area contributed by atoms with Crippen LogP contribution >= 0.6 is 0 Å². The number of rotatable bonds is 7. The number of aryl methyl sites for hydroxylation is 1. The molecule has 3 aromatic rings. The van der Waals surface area contributed by atoms with E-state index in [-0.39, 0.29) is 24.0 Å². The quantitative estimate of drug-likeness (QED) is 0.543. The van der Waals surface area contributed by atoms with Gasteiger partial charge >= 0.3 is 0 Å². The molecule has 3 heterocycles. The van der Waals surface area contributed by atoms with E-state index in [1.165, 1.54) is 9.87 Å². The Morgan fingerprint density at radius 2 is 1.86 bits per heavy atom. The molecule has 0 bridgehead atoms. The summed E-state index contributed by atoms with van der Waals surface area (Å²) in [6.45, 7) is 5.58. The first-order chi connectivity index (χ1) is 16.8. The molecule has 2 aliphatic rings. The van der Waals surface area contributed by atoms with Crippen LogP contribution in [0.5, 0.6) is 0 Å². The van der Waals surface area contributed by atoms with Crippen LogP contribution in [0, 0.1) is 6.92 Å². The summed E-state index contributed by atoms with van der Waals surface area (Å²) in [7, 11) is -2.16. The van der Waals surface area contributed by atoms with Gasteiger partial charge in [0.25, 0.3) is 0 Å². The first kappa shape index (κ1) is 23.8. The SMILES string of the molecule is Cc1ccc2cc(-c3cc(S(=O)(=O)N(C)CCN4CCOCC4=O)ccc3N3CCCC3)[nH]c2c1. The van der Waals surface area contributed by atoms with Gasteiger partial charge in [-0.05, 0) is 55.7 Å². The van der Waals surface area contributed by atoms with Crippen molar-refractivity contribution in [3.05, 3.63) is 48.0 Å². The van der Waals surface area contributed by atoms with Crippen LogP contribution in [-0.4, -0.2) is 81.5 Å². The minimum absolute atomic E-state index is 0.0574. The first-order valence-electron chi connectivity index (χ1n) is 12.1. The van der Waals surface area contributed by atoms with Gasteiger partial charge in [-0.3, -0.25) is 4.79 Å². The van der Waals surface area contributed by atoms with E-state index in [1.807, 2.05) is 6.07 Å². The average Bonchev–Trinajstić information content (AvgIpc) is 3.53.